The first-order chi connectivity index (χ1) is 13.8. The summed E-state index contributed by atoms with van der Waals surface area (Å²) in [6.07, 6.45) is 3.37. The van der Waals surface area contributed by atoms with E-state index in [1.165, 1.54) is 5.69 Å². The SMILES string of the molecule is O[C@@H]1CN(c2ccnc3ccccc23)C[C@H]1N1CCN(c2ccccn2)CC1. The Morgan fingerprint density at radius 2 is 1.61 bits per heavy atom. The van der Waals surface area contributed by atoms with Gasteiger partial charge in [-0.15, -0.1) is 0 Å². The van der Waals surface area contributed by atoms with Crippen LogP contribution in [0.2, 0.25) is 0 Å². The minimum Gasteiger partial charge on any atom is -0.390 e. The van der Waals surface area contributed by atoms with Crippen molar-refractivity contribution in [1.29, 1.82) is 0 Å². The minimum atomic E-state index is -0.340. The van der Waals surface area contributed by atoms with Crippen molar-refractivity contribution < 1.29 is 5.11 Å². The number of rotatable bonds is 3. The number of pyridine rings is 2. The highest BCUT2D eigenvalue weighted by Gasteiger charge is 2.37. The van der Waals surface area contributed by atoms with Crippen molar-refractivity contribution in [3.8, 4) is 0 Å². The number of β-amino-alcohol motifs (C(OH)–C–C–N with tert-alkyl or cyclic N) is 1. The van der Waals surface area contributed by atoms with Gasteiger partial charge in [0.25, 0.3) is 0 Å². The highest BCUT2D eigenvalue weighted by Crippen LogP contribution is 2.30. The maximum atomic E-state index is 10.8. The molecule has 144 valence electrons. The van der Waals surface area contributed by atoms with Gasteiger partial charge in [0, 0.05) is 62.7 Å². The van der Waals surface area contributed by atoms with Gasteiger partial charge in [-0.05, 0) is 24.3 Å². The lowest BCUT2D eigenvalue weighted by Gasteiger charge is -2.39. The molecule has 2 aromatic heterocycles. The summed E-state index contributed by atoms with van der Waals surface area (Å²) < 4.78 is 0. The average molecular weight is 375 g/mol. The zero-order valence-corrected chi connectivity index (χ0v) is 15.9. The number of hydrogen-bond donors (Lipinski definition) is 1. The molecule has 2 aliphatic heterocycles. The Balaban J connectivity index is 1.29. The summed E-state index contributed by atoms with van der Waals surface area (Å²) in [7, 11) is 0. The Hall–Kier alpha value is -2.70. The predicted octanol–water partition coefficient (Wildman–Crippen LogP) is 2.00. The standard InChI is InChI=1S/C22H25N5O/c28-21-16-27(19-8-10-23-18-6-2-1-5-17(18)19)15-20(21)25-11-13-26(14-12-25)22-7-3-4-9-24-22/h1-10,20-21,28H,11-16H2/t20-,21-/m1/s1. The second kappa shape index (κ2) is 7.37. The van der Waals surface area contributed by atoms with E-state index >= 15 is 0 Å². The molecule has 0 unspecified atom stereocenters. The Bertz CT molecular complexity index is 937. The van der Waals surface area contributed by atoms with E-state index in [1.807, 2.05) is 42.7 Å². The number of piperazine rings is 1. The largest absolute Gasteiger partial charge is 0.390 e. The molecule has 2 atom stereocenters. The zero-order chi connectivity index (χ0) is 18.9. The van der Waals surface area contributed by atoms with E-state index in [0.717, 1.165) is 49.4 Å². The lowest BCUT2D eigenvalue weighted by Crippen LogP contribution is -2.54. The summed E-state index contributed by atoms with van der Waals surface area (Å²) >= 11 is 0. The molecule has 0 saturated carbocycles. The van der Waals surface area contributed by atoms with E-state index in [1.54, 1.807) is 0 Å². The molecule has 0 amide bonds. The van der Waals surface area contributed by atoms with E-state index in [-0.39, 0.29) is 12.1 Å². The van der Waals surface area contributed by atoms with E-state index in [4.69, 9.17) is 0 Å². The molecule has 1 aromatic carbocycles. The van der Waals surface area contributed by atoms with Gasteiger partial charge in [0.15, 0.2) is 0 Å². The number of benzene rings is 1. The van der Waals surface area contributed by atoms with Crippen molar-refractivity contribution in [1.82, 2.24) is 14.9 Å². The third kappa shape index (κ3) is 3.19. The van der Waals surface area contributed by atoms with Gasteiger partial charge in [0.05, 0.1) is 17.7 Å². The highest BCUT2D eigenvalue weighted by atomic mass is 16.3. The number of aromatic nitrogens is 2. The molecule has 28 heavy (non-hydrogen) atoms. The van der Waals surface area contributed by atoms with Crippen molar-refractivity contribution in [3.05, 3.63) is 60.9 Å². The van der Waals surface area contributed by atoms with Gasteiger partial charge in [-0.1, -0.05) is 24.3 Å². The second-order valence-electron chi connectivity index (χ2n) is 7.60. The molecule has 2 aliphatic rings. The summed E-state index contributed by atoms with van der Waals surface area (Å²) in [5.41, 5.74) is 2.17. The Morgan fingerprint density at radius 3 is 2.43 bits per heavy atom. The first-order valence-electron chi connectivity index (χ1n) is 9.96. The van der Waals surface area contributed by atoms with E-state index in [2.05, 4.69) is 42.9 Å². The fourth-order valence-electron chi connectivity index (χ4n) is 4.50. The van der Waals surface area contributed by atoms with Gasteiger partial charge in [0.1, 0.15) is 5.82 Å². The highest BCUT2D eigenvalue weighted by molar-refractivity contribution is 5.91. The number of para-hydroxylation sites is 1. The predicted molar refractivity (Wildman–Crippen MR) is 112 cm³/mol. The topological polar surface area (TPSA) is 55.7 Å². The van der Waals surface area contributed by atoms with Crippen LogP contribution in [0, 0.1) is 0 Å². The zero-order valence-electron chi connectivity index (χ0n) is 15.9. The summed E-state index contributed by atoms with van der Waals surface area (Å²) in [5, 5.41) is 12.0. The summed E-state index contributed by atoms with van der Waals surface area (Å²) in [6, 6.07) is 16.5. The van der Waals surface area contributed by atoms with Crippen LogP contribution in [0.1, 0.15) is 0 Å². The van der Waals surface area contributed by atoms with E-state index in [9.17, 15) is 5.11 Å². The monoisotopic (exact) mass is 375 g/mol. The number of anilines is 2. The molecule has 0 aliphatic carbocycles. The maximum absolute atomic E-state index is 10.8. The molecule has 3 aromatic rings. The van der Waals surface area contributed by atoms with Crippen molar-refractivity contribution in [2.75, 3.05) is 49.1 Å². The van der Waals surface area contributed by atoms with Crippen LogP contribution >= 0.6 is 0 Å². The van der Waals surface area contributed by atoms with Crippen LogP contribution in [-0.4, -0.2) is 71.4 Å². The first-order valence-corrected chi connectivity index (χ1v) is 9.96. The summed E-state index contributed by atoms with van der Waals surface area (Å²) in [6.45, 7) is 5.29. The first kappa shape index (κ1) is 17.4. The van der Waals surface area contributed by atoms with Gasteiger partial charge in [0.2, 0.25) is 0 Å². The number of nitrogens with zero attached hydrogens (tertiary/aromatic N) is 5. The average Bonchev–Trinajstić information content (AvgIpc) is 3.15. The third-order valence-electron chi connectivity index (χ3n) is 5.98. The van der Waals surface area contributed by atoms with Crippen molar-refractivity contribution in [2.45, 2.75) is 12.1 Å². The smallest absolute Gasteiger partial charge is 0.128 e. The molecule has 1 N–H and O–H groups in total. The molecule has 4 heterocycles. The number of fused-ring (bicyclic) bond motifs is 1. The van der Waals surface area contributed by atoms with Crippen molar-refractivity contribution >= 4 is 22.4 Å². The number of hydrogen-bond acceptors (Lipinski definition) is 6. The molecule has 5 rings (SSSR count). The van der Waals surface area contributed by atoms with Gasteiger partial charge in [-0.25, -0.2) is 4.98 Å². The summed E-state index contributed by atoms with van der Waals surface area (Å²) in [4.78, 5) is 16.0. The van der Waals surface area contributed by atoms with Gasteiger partial charge in [-0.3, -0.25) is 9.88 Å². The minimum absolute atomic E-state index is 0.165. The third-order valence-corrected chi connectivity index (χ3v) is 5.98. The Morgan fingerprint density at radius 1 is 0.786 bits per heavy atom. The van der Waals surface area contributed by atoms with Crippen LogP contribution < -0.4 is 9.80 Å². The molecule has 0 radical (unpaired) electrons. The fourth-order valence-corrected chi connectivity index (χ4v) is 4.50. The Labute approximate surface area is 165 Å². The van der Waals surface area contributed by atoms with Crippen LogP contribution in [-0.2, 0) is 0 Å². The molecule has 6 nitrogen and oxygen atoms in total. The fraction of sp³-hybridized carbons (Fsp3) is 0.364. The Kier molecular flexibility index (Phi) is 4.58. The number of aliphatic hydroxyl groups is 1. The molecule has 2 saturated heterocycles. The van der Waals surface area contributed by atoms with Crippen LogP contribution in [0.4, 0.5) is 11.5 Å². The lowest BCUT2D eigenvalue weighted by molar-refractivity contribution is 0.0792. The quantitative estimate of drug-likeness (QED) is 0.756. The van der Waals surface area contributed by atoms with Gasteiger partial charge in [-0.2, -0.15) is 0 Å². The number of aliphatic hydroxyl groups excluding tert-OH is 1. The molecular formula is C22H25N5O. The van der Waals surface area contributed by atoms with Crippen molar-refractivity contribution in [3.63, 3.8) is 0 Å². The van der Waals surface area contributed by atoms with Gasteiger partial charge >= 0.3 is 0 Å². The molecular weight excluding hydrogens is 350 g/mol. The molecule has 0 spiro atoms. The van der Waals surface area contributed by atoms with E-state index in [0.29, 0.717) is 6.54 Å². The molecule has 6 heteroatoms. The van der Waals surface area contributed by atoms with Gasteiger partial charge < -0.3 is 14.9 Å². The lowest BCUT2D eigenvalue weighted by atomic mass is 10.1. The van der Waals surface area contributed by atoms with Crippen LogP contribution in [0.3, 0.4) is 0 Å². The van der Waals surface area contributed by atoms with Crippen molar-refractivity contribution in [2.24, 2.45) is 0 Å². The maximum Gasteiger partial charge on any atom is 0.128 e. The van der Waals surface area contributed by atoms with Crippen LogP contribution in [0.25, 0.3) is 10.9 Å². The van der Waals surface area contributed by atoms with E-state index < -0.39 is 0 Å². The second-order valence-corrected chi connectivity index (χ2v) is 7.60. The van der Waals surface area contributed by atoms with Crippen LogP contribution in [0.5, 0.6) is 0 Å². The molecule has 0 bridgehead atoms. The summed E-state index contributed by atoms with van der Waals surface area (Å²) in [5.74, 6) is 1.04. The van der Waals surface area contributed by atoms with Crippen LogP contribution in [0.15, 0.2) is 60.9 Å². The normalized spacial score (nSPS) is 23.5. The molecule has 2 fully saturated rings.